The van der Waals surface area contributed by atoms with Crippen LogP contribution in [0.1, 0.15) is 80.1 Å². The van der Waals surface area contributed by atoms with Gasteiger partial charge in [-0.3, -0.25) is 24.1 Å². The van der Waals surface area contributed by atoms with Gasteiger partial charge in [0.15, 0.2) is 0 Å². The van der Waals surface area contributed by atoms with Crippen molar-refractivity contribution in [1.29, 1.82) is 0 Å². The van der Waals surface area contributed by atoms with Crippen molar-refractivity contribution in [3.05, 3.63) is 33.4 Å². The summed E-state index contributed by atoms with van der Waals surface area (Å²) in [4.78, 5) is 25.3. The van der Waals surface area contributed by atoms with E-state index in [1.165, 1.54) is 32.1 Å². The molecule has 1 atom stereocenters. The van der Waals surface area contributed by atoms with Crippen LogP contribution in [0, 0.1) is 6.92 Å². The smallest absolute Gasteiger partial charge is 0.270 e. The predicted molar refractivity (Wildman–Crippen MR) is 99.4 cm³/mol. The number of anilines is 1. The number of hydrogen-bond acceptors (Lipinski definition) is 3. The number of nitrogens with one attached hydrogen (secondary N) is 2. The van der Waals surface area contributed by atoms with E-state index < -0.39 is 0 Å². The van der Waals surface area contributed by atoms with Gasteiger partial charge in [-0.25, -0.2) is 0 Å². The highest BCUT2D eigenvalue weighted by atomic mass is 16.2. The lowest BCUT2D eigenvalue weighted by atomic mass is 9.87. The molecule has 0 bridgehead atoms. The van der Waals surface area contributed by atoms with Crippen LogP contribution in [0.15, 0.2) is 11.0 Å². The van der Waals surface area contributed by atoms with Gasteiger partial charge >= 0.3 is 0 Å². The average Bonchev–Trinajstić information content (AvgIpc) is 3.06. The molecule has 4 rings (SSSR count). The molecule has 7 heteroatoms. The maximum absolute atomic E-state index is 12.8. The molecule has 1 saturated carbocycles. The summed E-state index contributed by atoms with van der Waals surface area (Å²) in [6.45, 7) is 1.93. The number of fused-ring (bicyclic) bond motifs is 1. The number of nitrogens with zero attached hydrogens (tertiary/aromatic N) is 3. The third-order valence-electron chi connectivity index (χ3n) is 5.83. The van der Waals surface area contributed by atoms with Gasteiger partial charge in [0.2, 0.25) is 5.91 Å². The molecule has 26 heavy (non-hydrogen) atoms. The monoisotopic (exact) mass is 357 g/mol. The van der Waals surface area contributed by atoms with E-state index in [0.29, 0.717) is 11.4 Å². The molecule has 1 unspecified atom stereocenters. The predicted octanol–water partition coefficient (Wildman–Crippen LogP) is 2.98. The lowest BCUT2D eigenvalue weighted by Crippen LogP contribution is -2.27. The zero-order valence-corrected chi connectivity index (χ0v) is 15.5. The highest BCUT2D eigenvalue weighted by molar-refractivity contribution is 5.94. The van der Waals surface area contributed by atoms with Crippen molar-refractivity contribution < 1.29 is 4.79 Å². The molecule has 2 aliphatic rings. The number of aryl methyl sites for hydroxylation is 2. The number of carbonyl (C=O) groups is 1. The molecule has 2 aromatic rings. The Morgan fingerprint density at radius 3 is 2.46 bits per heavy atom. The first-order valence-corrected chi connectivity index (χ1v) is 9.69. The molecule has 2 N–H and O–H groups in total. The molecular weight excluding hydrogens is 330 g/mol. The minimum Gasteiger partial charge on any atom is -0.311 e. The molecular formula is C19H27N5O2. The molecule has 1 aliphatic heterocycles. The van der Waals surface area contributed by atoms with Crippen LogP contribution >= 0.6 is 0 Å². The second-order valence-electron chi connectivity index (χ2n) is 7.72. The Morgan fingerprint density at radius 2 is 1.81 bits per heavy atom. The highest BCUT2D eigenvalue weighted by Crippen LogP contribution is 2.38. The Morgan fingerprint density at radius 1 is 1.12 bits per heavy atom. The van der Waals surface area contributed by atoms with Crippen LogP contribution < -0.4 is 10.9 Å². The Balaban J connectivity index is 1.77. The largest absolute Gasteiger partial charge is 0.311 e. The van der Waals surface area contributed by atoms with Gasteiger partial charge in [-0.15, -0.1) is 0 Å². The zero-order chi connectivity index (χ0) is 18.3. The summed E-state index contributed by atoms with van der Waals surface area (Å²) in [5.41, 5.74) is 2.43. The zero-order valence-electron chi connectivity index (χ0n) is 15.5. The number of rotatable bonds is 2. The first-order chi connectivity index (χ1) is 12.5. The fourth-order valence-corrected chi connectivity index (χ4v) is 4.58. The molecule has 2 aromatic heterocycles. The average molecular weight is 357 g/mol. The fourth-order valence-electron chi connectivity index (χ4n) is 4.58. The Labute approximate surface area is 152 Å². The van der Waals surface area contributed by atoms with Gasteiger partial charge in [-0.2, -0.15) is 5.10 Å². The van der Waals surface area contributed by atoms with Crippen molar-refractivity contribution >= 4 is 11.7 Å². The van der Waals surface area contributed by atoms with Crippen molar-refractivity contribution in [3.63, 3.8) is 0 Å². The number of carbonyl (C=O) groups excluding carboxylic acids is 1. The second-order valence-corrected chi connectivity index (χ2v) is 7.72. The molecule has 0 radical (unpaired) electrons. The van der Waals surface area contributed by atoms with Gasteiger partial charge in [-0.05, 0) is 19.8 Å². The maximum atomic E-state index is 12.8. The molecule has 0 spiro atoms. The van der Waals surface area contributed by atoms with Crippen molar-refractivity contribution in [1.82, 2.24) is 19.6 Å². The lowest BCUT2D eigenvalue weighted by molar-refractivity contribution is -0.116. The number of amides is 1. The Bertz CT molecular complexity index is 867. The van der Waals surface area contributed by atoms with Crippen LogP contribution in [0.5, 0.6) is 0 Å². The minimum atomic E-state index is -0.231. The van der Waals surface area contributed by atoms with E-state index in [1.54, 1.807) is 4.68 Å². The molecule has 1 aliphatic carbocycles. The molecule has 1 amide bonds. The van der Waals surface area contributed by atoms with E-state index >= 15 is 0 Å². The second kappa shape index (κ2) is 6.78. The van der Waals surface area contributed by atoms with Crippen LogP contribution in [-0.4, -0.2) is 25.5 Å². The Kier molecular flexibility index (Phi) is 4.46. The molecule has 0 saturated heterocycles. The van der Waals surface area contributed by atoms with Crippen LogP contribution in [0.3, 0.4) is 0 Å². The quantitative estimate of drug-likeness (QED) is 0.866. The van der Waals surface area contributed by atoms with E-state index in [4.69, 9.17) is 0 Å². The molecule has 3 heterocycles. The van der Waals surface area contributed by atoms with E-state index in [1.807, 2.05) is 24.9 Å². The van der Waals surface area contributed by atoms with Gasteiger partial charge in [0, 0.05) is 31.1 Å². The van der Waals surface area contributed by atoms with Crippen molar-refractivity contribution in [2.24, 2.45) is 7.05 Å². The van der Waals surface area contributed by atoms with Crippen molar-refractivity contribution in [2.45, 2.75) is 70.3 Å². The summed E-state index contributed by atoms with van der Waals surface area (Å²) in [6.07, 6.45) is 10.4. The van der Waals surface area contributed by atoms with E-state index in [-0.39, 0.29) is 29.8 Å². The molecule has 7 nitrogen and oxygen atoms in total. The highest BCUT2D eigenvalue weighted by Gasteiger charge is 2.35. The van der Waals surface area contributed by atoms with Gasteiger partial charge < -0.3 is 5.32 Å². The van der Waals surface area contributed by atoms with Crippen molar-refractivity contribution in [2.75, 3.05) is 5.32 Å². The fraction of sp³-hybridized carbons (Fsp3) is 0.632. The number of hydrogen-bond donors (Lipinski definition) is 2. The van der Waals surface area contributed by atoms with Crippen LogP contribution in [0.4, 0.5) is 5.82 Å². The number of aromatic nitrogens is 4. The molecule has 0 aromatic carbocycles. The SMILES string of the molecule is Cc1nn(C)cc1C1CC(=O)Nc2c1c(=O)[nH]n2C1CCCCCCC1. The third-order valence-corrected chi connectivity index (χ3v) is 5.83. The summed E-state index contributed by atoms with van der Waals surface area (Å²) in [5, 5.41) is 10.4. The van der Waals surface area contributed by atoms with Crippen LogP contribution in [0.25, 0.3) is 0 Å². The molecule has 140 valence electrons. The Hall–Kier alpha value is -2.31. The third kappa shape index (κ3) is 2.99. The van der Waals surface area contributed by atoms with Crippen LogP contribution in [0.2, 0.25) is 0 Å². The van der Waals surface area contributed by atoms with Crippen molar-refractivity contribution in [3.8, 4) is 0 Å². The van der Waals surface area contributed by atoms with Gasteiger partial charge in [0.1, 0.15) is 5.82 Å². The summed E-state index contributed by atoms with van der Waals surface area (Å²) in [5.74, 6) is 0.403. The minimum absolute atomic E-state index is 0.0376. The summed E-state index contributed by atoms with van der Waals surface area (Å²) in [7, 11) is 1.87. The van der Waals surface area contributed by atoms with Gasteiger partial charge in [0.05, 0.1) is 17.3 Å². The van der Waals surface area contributed by atoms with Gasteiger partial charge in [-0.1, -0.05) is 32.1 Å². The first kappa shape index (κ1) is 17.1. The maximum Gasteiger partial charge on any atom is 0.270 e. The molecule has 1 fully saturated rings. The normalized spacial score (nSPS) is 21.8. The topological polar surface area (TPSA) is 84.7 Å². The summed E-state index contributed by atoms with van der Waals surface area (Å²) < 4.78 is 3.69. The summed E-state index contributed by atoms with van der Waals surface area (Å²) in [6, 6.07) is 0.251. The first-order valence-electron chi connectivity index (χ1n) is 9.69. The van der Waals surface area contributed by atoms with E-state index in [9.17, 15) is 9.59 Å². The standard InChI is InChI=1S/C19H27N5O2/c1-12-15(11-23(2)21-12)14-10-16(25)20-18-17(14)19(26)22-24(18)13-8-6-4-3-5-7-9-13/h11,13-14H,3-10H2,1-2H3,(H,20,25)(H,22,26). The number of H-pyrrole nitrogens is 1. The van der Waals surface area contributed by atoms with Gasteiger partial charge in [0.25, 0.3) is 5.56 Å². The van der Waals surface area contributed by atoms with E-state index in [2.05, 4.69) is 15.5 Å². The lowest BCUT2D eigenvalue weighted by Gasteiger charge is -2.27. The summed E-state index contributed by atoms with van der Waals surface area (Å²) >= 11 is 0. The van der Waals surface area contributed by atoms with E-state index in [0.717, 1.165) is 24.1 Å². The number of aromatic amines is 1. The van der Waals surface area contributed by atoms with Crippen LogP contribution in [-0.2, 0) is 11.8 Å².